The number of nitrogens with two attached hydrogens (primary N) is 1. The fourth-order valence-corrected chi connectivity index (χ4v) is 4.62. The highest BCUT2D eigenvalue weighted by Gasteiger charge is 2.16. The lowest BCUT2D eigenvalue weighted by Gasteiger charge is -2.31. The third kappa shape index (κ3) is 5.50. The SMILES string of the molecule is Cc1nc(C(N)=O)nn1-c1ccc(Cc2ccc(-c3ccc(CN4CCN[C@H](C)C4)nc3)cc2)cc1. The lowest BCUT2D eigenvalue weighted by atomic mass is 10.0. The van der Waals surface area contributed by atoms with Gasteiger partial charge in [-0.2, -0.15) is 0 Å². The molecule has 184 valence electrons. The summed E-state index contributed by atoms with van der Waals surface area (Å²) in [5, 5.41) is 7.67. The van der Waals surface area contributed by atoms with E-state index in [-0.39, 0.29) is 5.82 Å². The van der Waals surface area contributed by atoms with Gasteiger partial charge < -0.3 is 11.1 Å². The van der Waals surface area contributed by atoms with Gasteiger partial charge in [0.1, 0.15) is 5.82 Å². The van der Waals surface area contributed by atoms with Crippen LogP contribution in [0.2, 0.25) is 0 Å². The molecule has 0 radical (unpaired) electrons. The number of piperazine rings is 1. The highest BCUT2D eigenvalue weighted by Crippen LogP contribution is 2.21. The maximum absolute atomic E-state index is 11.3. The Morgan fingerprint density at radius 2 is 1.72 bits per heavy atom. The molecule has 3 heterocycles. The predicted molar refractivity (Wildman–Crippen MR) is 140 cm³/mol. The number of aromatic nitrogens is 4. The van der Waals surface area contributed by atoms with Gasteiger partial charge >= 0.3 is 0 Å². The van der Waals surface area contributed by atoms with Crippen molar-refractivity contribution in [1.29, 1.82) is 0 Å². The van der Waals surface area contributed by atoms with Crippen LogP contribution in [0.1, 0.15) is 40.2 Å². The molecule has 1 atom stereocenters. The predicted octanol–water partition coefficient (Wildman–Crippen LogP) is 3.12. The fraction of sp³-hybridized carbons (Fsp3) is 0.286. The average Bonchev–Trinajstić information content (AvgIpc) is 3.28. The quantitative estimate of drug-likeness (QED) is 0.421. The van der Waals surface area contributed by atoms with Crippen LogP contribution in [0.25, 0.3) is 16.8 Å². The van der Waals surface area contributed by atoms with Crippen LogP contribution < -0.4 is 11.1 Å². The number of amides is 1. The number of carbonyl (C=O) groups is 1. The van der Waals surface area contributed by atoms with Gasteiger partial charge in [0.05, 0.1) is 11.4 Å². The van der Waals surface area contributed by atoms with Crippen LogP contribution in [0, 0.1) is 6.92 Å². The van der Waals surface area contributed by atoms with Gasteiger partial charge in [-0.1, -0.05) is 42.5 Å². The Bertz CT molecular complexity index is 1330. The van der Waals surface area contributed by atoms with Gasteiger partial charge in [-0.25, -0.2) is 9.67 Å². The first-order valence-corrected chi connectivity index (χ1v) is 12.3. The first kappa shape index (κ1) is 23.8. The van der Waals surface area contributed by atoms with Crippen molar-refractivity contribution in [2.24, 2.45) is 5.73 Å². The summed E-state index contributed by atoms with van der Waals surface area (Å²) in [4.78, 5) is 22.6. The van der Waals surface area contributed by atoms with E-state index in [4.69, 9.17) is 10.7 Å². The summed E-state index contributed by atoms with van der Waals surface area (Å²) >= 11 is 0. The number of rotatable bonds is 7. The van der Waals surface area contributed by atoms with Crippen LogP contribution >= 0.6 is 0 Å². The van der Waals surface area contributed by atoms with Gasteiger partial charge in [0.25, 0.3) is 5.91 Å². The minimum absolute atomic E-state index is 0.0238. The number of hydrogen-bond donors (Lipinski definition) is 2. The van der Waals surface area contributed by atoms with Crippen molar-refractivity contribution in [3.8, 4) is 16.8 Å². The molecule has 0 aliphatic carbocycles. The molecule has 1 saturated heterocycles. The van der Waals surface area contributed by atoms with Crippen molar-refractivity contribution in [3.63, 3.8) is 0 Å². The molecule has 0 saturated carbocycles. The number of hydrogen-bond acceptors (Lipinski definition) is 6. The van der Waals surface area contributed by atoms with E-state index in [2.05, 4.69) is 75.8 Å². The molecule has 4 aromatic rings. The van der Waals surface area contributed by atoms with Crippen LogP contribution in [0.4, 0.5) is 0 Å². The Kier molecular flexibility index (Phi) is 6.88. The molecule has 0 spiro atoms. The van der Waals surface area contributed by atoms with Crippen LogP contribution in [0.3, 0.4) is 0 Å². The van der Waals surface area contributed by atoms with E-state index in [1.165, 1.54) is 11.1 Å². The van der Waals surface area contributed by atoms with Gasteiger partial charge in [-0.3, -0.25) is 14.7 Å². The molecule has 2 aromatic heterocycles. The van der Waals surface area contributed by atoms with Crippen molar-refractivity contribution < 1.29 is 4.79 Å². The Morgan fingerprint density at radius 1 is 1.03 bits per heavy atom. The van der Waals surface area contributed by atoms with Crippen molar-refractivity contribution >= 4 is 5.91 Å². The normalized spacial score (nSPS) is 16.2. The molecule has 3 N–H and O–H groups in total. The van der Waals surface area contributed by atoms with Gasteiger partial charge in [0, 0.05) is 44.0 Å². The number of primary amides is 1. The maximum atomic E-state index is 11.3. The van der Waals surface area contributed by atoms with Crippen molar-refractivity contribution in [2.45, 2.75) is 32.9 Å². The molecule has 0 unspecified atom stereocenters. The van der Waals surface area contributed by atoms with Gasteiger partial charge in [0.2, 0.25) is 5.82 Å². The van der Waals surface area contributed by atoms with Crippen molar-refractivity contribution in [3.05, 3.63) is 95.3 Å². The zero-order chi connectivity index (χ0) is 25.1. The zero-order valence-corrected chi connectivity index (χ0v) is 20.7. The standard InChI is InChI=1S/C28H31N7O/c1-19-17-34(14-13-30-19)18-25-10-9-24(16-31-25)23-7-3-21(4-8-23)15-22-5-11-26(12-6-22)35-20(2)32-28(33-35)27(29)36/h3-12,16,19,30H,13-15,17-18H2,1-2H3,(H2,29,36)/t19-/m1/s1. The van der Waals surface area contributed by atoms with Gasteiger partial charge in [-0.15, -0.1) is 5.10 Å². The lowest BCUT2D eigenvalue weighted by molar-refractivity contribution is 0.0990. The van der Waals surface area contributed by atoms with E-state index in [0.717, 1.165) is 55.1 Å². The van der Waals surface area contributed by atoms with Crippen LogP contribution in [-0.4, -0.2) is 56.2 Å². The molecule has 5 rings (SSSR count). The van der Waals surface area contributed by atoms with Crippen LogP contribution in [-0.2, 0) is 13.0 Å². The Balaban J connectivity index is 1.21. The molecule has 8 heteroatoms. The summed E-state index contributed by atoms with van der Waals surface area (Å²) in [6.45, 7) is 8.08. The molecule has 1 fully saturated rings. The number of aryl methyl sites for hydroxylation is 1. The monoisotopic (exact) mass is 481 g/mol. The molecule has 1 amide bonds. The summed E-state index contributed by atoms with van der Waals surface area (Å²) in [5.41, 5.74) is 12.0. The Hall–Kier alpha value is -3.88. The summed E-state index contributed by atoms with van der Waals surface area (Å²) < 4.78 is 1.63. The van der Waals surface area contributed by atoms with Gasteiger partial charge in [0.15, 0.2) is 0 Å². The highest BCUT2D eigenvalue weighted by molar-refractivity contribution is 5.88. The van der Waals surface area contributed by atoms with Crippen molar-refractivity contribution in [2.75, 3.05) is 19.6 Å². The molecule has 36 heavy (non-hydrogen) atoms. The second-order valence-corrected chi connectivity index (χ2v) is 9.43. The van der Waals surface area contributed by atoms with Crippen LogP contribution in [0.5, 0.6) is 0 Å². The minimum atomic E-state index is -0.631. The molecule has 1 aliphatic heterocycles. The summed E-state index contributed by atoms with van der Waals surface area (Å²) in [6, 6.07) is 21.6. The first-order chi connectivity index (χ1) is 17.4. The largest absolute Gasteiger partial charge is 0.363 e. The van der Waals surface area contributed by atoms with Crippen molar-refractivity contribution in [1.82, 2.24) is 30.0 Å². The van der Waals surface area contributed by atoms with E-state index >= 15 is 0 Å². The number of benzene rings is 2. The van der Waals surface area contributed by atoms with Crippen LogP contribution in [0.15, 0.2) is 66.9 Å². The molecular weight excluding hydrogens is 450 g/mol. The summed E-state index contributed by atoms with van der Waals surface area (Å²) in [7, 11) is 0. The number of nitrogens with zero attached hydrogens (tertiary/aromatic N) is 5. The number of pyridine rings is 1. The molecule has 2 aromatic carbocycles. The summed E-state index contributed by atoms with van der Waals surface area (Å²) in [6.07, 6.45) is 2.80. The second kappa shape index (κ2) is 10.4. The maximum Gasteiger partial charge on any atom is 0.288 e. The average molecular weight is 482 g/mol. The third-order valence-electron chi connectivity index (χ3n) is 6.53. The van der Waals surface area contributed by atoms with E-state index in [1.54, 1.807) is 11.6 Å². The fourth-order valence-electron chi connectivity index (χ4n) is 4.62. The number of carbonyl (C=O) groups excluding carboxylic acids is 1. The highest BCUT2D eigenvalue weighted by atomic mass is 16.1. The Labute approximate surface area is 211 Å². The molecule has 8 nitrogen and oxygen atoms in total. The van der Waals surface area contributed by atoms with E-state index in [9.17, 15) is 4.79 Å². The van der Waals surface area contributed by atoms with E-state index in [0.29, 0.717) is 11.9 Å². The molecular formula is C28H31N7O. The summed E-state index contributed by atoms with van der Waals surface area (Å²) in [5.74, 6) is 0.0114. The molecule has 1 aliphatic rings. The number of nitrogens with one attached hydrogen (secondary N) is 1. The van der Waals surface area contributed by atoms with E-state index < -0.39 is 5.91 Å². The zero-order valence-electron chi connectivity index (χ0n) is 20.7. The smallest absolute Gasteiger partial charge is 0.288 e. The van der Waals surface area contributed by atoms with E-state index in [1.807, 2.05) is 18.3 Å². The molecule has 0 bridgehead atoms. The Morgan fingerprint density at radius 3 is 2.33 bits per heavy atom. The second-order valence-electron chi connectivity index (χ2n) is 9.43. The lowest BCUT2D eigenvalue weighted by Crippen LogP contribution is -2.48. The topological polar surface area (TPSA) is 102 Å². The minimum Gasteiger partial charge on any atom is -0.363 e. The third-order valence-corrected chi connectivity index (χ3v) is 6.53. The van der Waals surface area contributed by atoms with Gasteiger partial charge in [-0.05, 0) is 55.2 Å². The first-order valence-electron chi connectivity index (χ1n) is 12.3.